The summed E-state index contributed by atoms with van der Waals surface area (Å²) in [6.45, 7) is 7.04. The molecular formula is C13H18N2O3. The molecule has 1 N–H and O–H groups in total. The third-order valence-corrected chi connectivity index (χ3v) is 2.09. The monoisotopic (exact) mass is 250 g/mol. The normalized spacial score (nSPS) is 9.89. The van der Waals surface area contributed by atoms with Crippen molar-refractivity contribution in [3.8, 4) is 5.88 Å². The summed E-state index contributed by atoms with van der Waals surface area (Å²) in [5.74, 6) is 0.306. The molecule has 1 aromatic rings. The fourth-order valence-corrected chi connectivity index (χ4v) is 1.22. The van der Waals surface area contributed by atoms with E-state index < -0.39 is 0 Å². The van der Waals surface area contributed by atoms with Gasteiger partial charge in [0.05, 0.1) is 25.9 Å². The molecule has 0 saturated carbocycles. The third kappa shape index (κ3) is 4.97. The van der Waals surface area contributed by atoms with E-state index in [1.54, 1.807) is 12.1 Å². The molecule has 0 saturated heterocycles. The zero-order valence-corrected chi connectivity index (χ0v) is 10.7. The van der Waals surface area contributed by atoms with E-state index in [0.29, 0.717) is 31.2 Å². The zero-order chi connectivity index (χ0) is 13.4. The first-order valence-electron chi connectivity index (χ1n) is 5.64. The number of carbonyl (C=O) groups excluding carboxylic acids is 1. The van der Waals surface area contributed by atoms with Gasteiger partial charge < -0.3 is 14.8 Å². The van der Waals surface area contributed by atoms with Crippen LogP contribution in [-0.4, -0.2) is 37.8 Å². The molecule has 98 valence electrons. The first-order chi connectivity index (χ1) is 8.63. The van der Waals surface area contributed by atoms with Crippen molar-refractivity contribution >= 4 is 5.91 Å². The number of methoxy groups -OCH3 is 1. The molecule has 0 fully saturated rings. The summed E-state index contributed by atoms with van der Waals surface area (Å²) >= 11 is 0. The number of hydrogen-bond acceptors (Lipinski definition) is 4. The van der Waals surface area contributed by atoms with Gasteiger partial charge in [-0.25, -0.2) is 4.98 Å². The van der Waals surface area contributed by atoms with Crippen molar-refractivity contribution < 1.29 is 14.3 Å². The molecule has 0 aliphatic carbocycles. The van der Waals surface area contributed by atoms with Gasteiger partial charge in [0.25, 0.3) is 5.91 Å². The maximum Gasteiger partial charge on any atom is 0.252 e. The van der Waals surface area contributed by atoms with E-state index in [9.17, 15) is 4.79 Å². The highest BCUT2D eigenvalue weighted by molar-refractivity contribution is 5.93. The van der Waals surface area contributed by atoms with Crippen molar-refractivity contribution in [3.05, 3.63) is 36.0 Å². The van der Waals surface area contributed by atoms with Crippen LogP contribution in [0.2, 0.25) is 0 Å². The van der Waals surface area contributed by atoms with Gasteiger partial charge in [-0.1, -0.05) is 12.2 Å². The second-order valence-corrected chi connectivity index (χ2v) is 3.85. The number of aromatic nitrogens is 1. The largest absolute Gasteiger partial charge is 0.481 e. The van der Waals surface area contributed by atoms with Crippen molar-refractivity contribution in [1.29, 1.82) is 0 Å². The van der Waals surface area contributed by atoms with E-state index in [-0.39, 0.29) is 5.91 Å². The van der Waals surface area contributed by atoms with Crippen molar-refractivity contribution in [3.63, 3.8) is 0 Å². The van der Waals surface area contributed by atoms with E-state index in [0.717, 1.165) is 5.57 Å². The Morgan fingerprint density at radius 2 is 2.28 bits per heavy atom. The van der Waals surface area contributed by atoms with Crippen LogP contribution in [0.3, 0.4) is 0 Å². The van der Waals surface area contributed by atoms with Gasteiger partial charge in [0.15, 0.2) is 0 Å². The smallest absolute Gasteiger partial charge is 0.252 e. The maximum atomic E-state index is 11.7. The number of rotatable bonds is 7. The van der Waals surface area contributed by atoms with Crippen LogP contribution in [-0.2, 0) is 4.74 Å². The summed E-state index contributed by atoms with van der Waals surface area (Å²) in [5, 5.41) is 2.74. The number of nitrogens with zero attached hydrogens (tertiary/aromatic N) is 1. The Balaban J connectivity index is 2.29. The Bertz CT molecular complexity index is 401. The minimum Gasteiger partial charge on any atom is -0.481 e. The molecule has 0 aliphatic heterocycles. The number of amides is 1. The molecule has 5 heteroatoms. The summed E-state index contributed by atoms with van der Waals surface area (Å²) in [6.07, 6.45) is 1.48. The van der Waals surface area contributed by atoms with Crippen molar-refractivity contribution in [2.75, 3.05) is 26.9 Å². The summed E-state index contributed by atoms with van der Waals surface area (Å²) in [6, 6.07) is 3.31. The number of nitrogens with one attached hydrogen (secondary N) is 1. The van der Waals surface area contributed by atoms with Crippen LogP contribution in [0.15, 0.2) is 30.5 Å². The van der Waals surface area contributed by atoms with Gasteiger partial charge in [-0.05, 0) is 13.0 Å². The van der Waals surface area contributed by atoms with Gasteiger partial charge in [-0.2, -0.15) is 0 Å². The first-order valence-corrected chi connectivity index (χ1v) is 5.64. The van der Waals surface area contributed by atoms with Crippen molar-refractivity contribution in [2.45, 2.75) is 6.92 Å². The molecule has 1 amide bonds. The Hall–Kier alpha value is -1.88. The average molecular weight is 250 g/mol. The lowest BCUT2D eigenvalue weighted by Crippen LogP contribution is -2.27. The zero-order valence-electron chi connectivity index (χ0n) is 10.7. The third-order valence-electron chi connectivity index (χ3n) is 2.09. The predicted molar refractivity (Wildman–Crippen MR) is 68.8 cm³/mol. The highest BCUT2D eigenvalue weighted by Crippen LogP contribution is 2.06. The fourth-order valence-electron chi connectivity index (χ4n) is 1.22. The van der Waals surface area contributed by atoms with Crippen molar-refractivity contribution in [1.82, 2.24) is 10.3 Å². The Kier molecular flexibility index (Phi) is 5.87. The van der Waals surface area contributed by atoms with E-state index in [4.69, 9.17) is 9.47 Å². The van der Waals surface area contributed by atoms with Crippen LogP contribution in [0.1, 0.15) is 17.3 Å². The predicted octanol–water partition coefficient (Wildman–Crippen LogP) is 1.41. The van der Waals surface area contributed by atoms with Gasteiger partial charge in [-0.15, -0.1) is 0 Å². The second-order valence-electron chi connectivity index (χ2n) is 3.85. The summed E-state index contributed by atoms with van der Waals surface area (Å²) in [4.78, 5) is 15.6. The molecule has 0 spiro atoms. The van der Waals surface area contributed by atoms with Crippen LogP contribution in [0.5, 0.6) is 5.88 Å². The first kappa shape index (κ1) is 14.2. The number of hydrogen-bond donors (Lipinski definition) is 1. The summed E-state index contributed by atoms with van der Waals surface area (Å²) in [5.41, 5.74) is 1.45. The van der Waals surface area contributed by atoms with Crippen LogP contribution in [0.25, 0.3) is 0 Å². The summed E-state index contributed by atoms with van der Waals surface area (Å²) < 4.78 is 10.2. The van der Waals surface area contributed by atoms with Crippen LogP contribution < -0.4 is 10.1 Å². The molecular weight excluding hydrogens is 232 g/mol. The molecule has 18 heavy (non-hydrogen) atoms. The van der Waals surface area contributed by atoms with Gasteiger partial charge in [0, 0.05) is 18.8 Å². The number of carbonyl (C=O) groups is 1. The molecule has 0 radical (unpaired) electrons. The molecule has 1 aromatic heterocycles. The fraction of sp³-hybridized carbons (Fsp3) is 0.385. The van der Waals surface area contributed by atoms with Gasteiger partial charge in [0.2, 0.25) is 5.88 Å². The van der Waals surface area contributed by atoms with Crippen LogP contribution >= 0.6 is 0 Å². The SMILES string of the molecule is C=C(C)COCCNC(=O)c1ccc(OC)nc1. The molecule has 0 atom stereocenters. The quantitative estimate of drug-likeness (QED) is 0.587. The van der Waals surface area contributed by atoms with E-state index in [1.165, 1.54) is 13.3 Å². The molecule has 1 rings (SSSR count). The molecule has 1 heterocycles. The molecule has 0 unspecified atom stereocenters. The van der Waals surface area contributed by atoms with E-state index in [2.05, 4.69) is 16.9 Å². The average Bonchev–Trinajstić information content (AvgIpc) is 2.38. The van der Waals surface area contributed by atoms with E-state index >= 15 is 0 Å². The Morgan fingerprint density at radius 1 is 1.50 bits per heavy atom. The van der Waals surface area contributed by atoms with Gasteiger partial charge in [0.1, 0.15) is 0 Å². The molecule has 0 aromatic carbocycles. The molecule has 5 nitrogen and oxygen atoms in total. The van der Waals surface area contributed by atoms with E-state index in [1.807, 2.05) is 6.92 Å². The highest BCUT2D eigenvalue weighted by Gasteiger charge is 2.05. The minimum atomic E-state index is -0.177. The summed E-state index contributed by atoms with van der Waals surface area (Å²) in [7, 11) is 1.53. The maximum absolute atomic E-state index is 11.7. The minimum absolute atomic E-state index is 0.177. The highest BCUT2D eigenvalue weighted by atomic mass is 16.5. The second kappa shape index (κ2) is 7.45. The Labute approximate surface area is 107 Å². The van der Waals surface area contributed by atoms with Crippen LogP contribution in [0.4, 0.5) is 0 Å². The van der Waals surface area contributed by atoms with Gasteiger partial charge in [-0.3, -0.25) is 4.79 Å². The topological polar surface area (TPSA) is 60.5 Å². The molecule has 0 aliphatic rings. The lowest BCUT2D eigenvalue weighted by molar-refractivity contribution is 0.0926. The standard InChI is InChI=1S/C13H18N2O3/c1-10(2)9-18-7-6-14-13(16)11-4-5-12(17-3)15-8-11/h4-5,8H,1,6-7,9H2,2-3H3,(H,14,16). The lowest BCUT2D eigenvalue weighted by Gasteiger charge is -2.06. The molecule has 0 bridgehead atoms. The Morgan fingerprint density at radius 3 is 2.83 bits per heavy atom. The number of ether oxygens (including phenoxy) is 2. The lowest BCUT2D eigenvalue weighted by atomic mass is 10.2. The van der Waals surface area contributed by atoms with Crippen molar-refractivity contribution in [2.24, 2.45) is 0 Å². The van der Waals surface area contributed by atoms with Gasteiger partial charge >= 0.3 is 0 Å². The number of pyridine rings is 1. The van der Waals surface area contributed by atoms with Crippen LogP contribution in [0, 0.1) is 0 Å².